The van der Waals surface area contributed by atoms with Gasteiger partial charge < -0.3 is 5.32 Å². The van der Waals surface area contributed by atoms with Crippen LogP contribution in [-0.2, 0) is 21.0 Å². The Morgan fingerprint density at radius 1 is 1.27 bits per heavy atom. The van der Waals surface area contributed by atoms with Crippen LogP contribution in [0, 0.1) is 0 Å². The van der Waals surface area contributed by atoms with Gasteiger partial charge in [0.15, 0.2) is 0 Å². The molecule has 22 heavy (non-hydrogen) atoms. The summed E-state index contributed by atoms with van der Waals surface area (Å²) in [5, 5.41) is 2.45. The van der Waals surface area contributed by atoms with Crippen LogP contribution >= 0.6 is 0 Å². The van der Waals surface area contributed by atoms with Gasteiger partial charge in [-0.1, -0.05) is 0 Å². The number of amides is 1. The number of rotatable bonds is 3. The maximum Gasteiger partial charge on any atom is 0.416 e. The second kappa shape index (κ2) is 5.88. The maximum absolute atomic E-state index is 12.4. The van der Waals surface area contributed by atoms with Gasteiger partial charge in [0.2, 0.25) is 15.9 Å². The van der Waals surface area contributed by atoms with Crippen LogP contribution in [0.3, 0.4) is 0 Å². The molecule has 1 aromatic rings. The first-order chi connectivity index (χ1) is 10.1. The fraction of sp³-hybridized carbons (Fsp3) is 0.462. The third kappa shape index (κ3) is 3.77. The van der Waals surface area contributed by atoms with Crippen LogP contribution < -0.4 is 5.32 Å². The van der Waals surface area contributed by atoms with E-state index >= 15 is 0 Å². The number of benzene rings is 1. The van der Waals surface area contributed by atoms with Crippen molar-refractivity contribution in [2.75, 3.05) is 18.1 Å². The van der Waals surface area contributed by atoms with Gasteiger partial charge in [-0.3, -0.25) is 4.79 Å². The molecule has 0 saturated carbocycles. The Balaban J connectivity index is 2.09. The number of halogens is 3. The van der Waals surface area contributed by atoms with Crippen molar-refractivity contribution in [1.29, 1.82) is 0 Å². The Labute approximate surface area is 126 Å². The minimum absolute atomic E-state index is 0.193. The van der Waals surface area contributed by atoms with Crippen molar-refractivity contribution in [3.05, 3.63) is 29.8 Å². The second-order valence-corrected chi connectivity index (χ2v) is 7.03. The Morgan fingerprint density at radius 3 is 2.36 bits per heavy atom. The van der Waals surface area contributed by atoms with E-state index in [0.717, 1.165) is 34.8 Å². The van der Waals surface area contributed by atoms with Crippen molar-refractivity contribution in [3.63, 3.8) is 0 Å². The Kier molecular flexibility index (Phi) is 4.48. The highest BCUT2D eigenvalue weighted by Crippen LogP contribution is 2.30. The highest BCUT2D eigenvalue weighted by molar-refractivity contribution is 7.88. The van der Waals surface area contributed by atoms with Gasteiger partial charge in [0.1, 0.15) is 6.04 Å². The molecule has 0 radical (unpaired) electrons. The van der Waals surface area contributed by atoms with Gasteiger partial charge in [0.05, 0.1) is 11.8 Å². The molecule has 1 heterocycles. The number of alkyl halides is 3. The zero-order valence-electron chi connectivity index (χ0n) is 11.7. The SMILES string of the molecule is CS(=O)(=O)N1CCC[C@H]1C(=O)Nc1ccc(C(F)(F)F)cc1. The average molecular weight is 336 g/mol. The number of nitrogens with zero attached hydrogens (tertiary/aromatic N) is 1. The van der Waals surface area contributed by atoms with E-state index in [1.165, 1.54) is 0 Å². The van der Waals surface area contributed by atoms with Gasteiger partial charge in [-0.25, -0.2) is 8.42 Å². The molecule has 1 atom stereocenters. The number of anilines is 1. The average Bonchev–Trinajstić information content (AvgIpc) is 2.87. The van der Waals surface area contributed by atoms with Gasteiger partial charge in [0.25, 0.3) is 0 Å². The first-order valence-corrected chi connectivity index (χ1v) is 8.39. The second-order valence-electron chi connectivity index (χ2n) is 5.10. The summed E-state index contributed by atoms with van der Waals surface area (Å²) in [6.07, 6.45) is -2.46. The Hall–Kier alpha value is -1.61. The topological polar surface area (TPSA) is 66.5 Å². The van der Waals surface area contributed by atoms with Crippen molar-refractivity contribution >= 4 is 21.6 Å². The van der Waals surface area contributed by atoms with Crippen LogP contribution in [0.4, 0.5) is 18.9 Å². The molecular formula is C13H15F3N2O3S. The van der Waals surface area contributed by atoms with E-state index in [2.05, 4.69) is 5.32 Å². The zero-order chi connectivity index (χ0) is 16.5. The van der Waals surface area contributed by atoms with E-state index in [9.17, 15) is 26.4 Å². The van der Waals surface area contributed by atoms with Gasteiger partial charge >= 0.3 is 6.18 Å². The molecule has 9 heteroatoms. The number of carbonyl (C=O) groups is 1. The zero-order valence-corrected chi connectivity index (χ0v) is 12.5. The van der Waals surface area contributed by atoms with Gasteiger partial charge in [-0.05, 0) is 37.1 Å². The largest absolute Gasteiger partial charge is 0.416 e. The van der Waals surface area contributed by atoms with Gasteiger partial charge in [-0.2, -0.15) is 17.5 Å². The van der Waals surface area contributed by atoms with Crippen molar-refractivity contribution in [2.45, 2.75) is 25.1 Å². The first kappa shape index (κ1) is 16.8. The monoisotopic (exact) mass is 336 g/mol. The van der Waals surface area contributed by atoms with Crippen molar-refractivity contribution in [2.24, 2.45) is 0 Å². The van der Waals surface area contributed by atoms with Crippen LogP contribution in [0.1, 0.15) is 18.4 Å². The fourth-order valence-corrected chi connectivity index (χ4v) is 3.49. The van der Waals surface area contributed by atoms with Crippen LogP contribution in [0.25, 0.3) is 0 Å². The molecule has 1 aliphatic heterocycles. The summed E-state index contributed by atoms with van der Waals surface area (Å²) in [4.78, 5) is 12.1. The number of sulfonamides is 1. The molecule has 0 aromatic heterocycles. The predicted molar refractivity (Wildman–Crippen MR) is 74.6 cm³/mol. The lowest BCUT2D eigenvalue weighted by atomic mass is 10.2. The van der Waals surface area contributed by atoms with Gasteiger partial charge in [-0.15, -0.1) is 0 Å². The summed E-state index contributed by atoms with van der Waals surface area (Å²) < 4.78 is 61.6. The lowest BCUT2D eigenvalue weighted by Gasteiger charge is -2.21. The van der Waals surface area contributed by atoms with E-state index in [1.54, 1.807) is 0 Å². The molecule has 0 unspecified atom stereocenters. The standard InChI is InChI=1S/C13H15F3N2O3S/c1-22(20,21)18-8-2-3-11(18)12(19)17-10-6-4-9(5-7-10)13(14,15)16/h4-7,11H,2-3,8H2,1H3,(H,17,19)/t11-/m0/s1. The number of nitrogens with one attached hydrogen (secondary N) is 1. The lowest BCUT2D eigenvalue weighted by Crippen LogP contribution is -2.42. The number of carbonyl (C=O) groups excluding carboxylic acids is 1. The molecule has 1 fully saturated rings. The summed E-state index contributed by atoms with van der Waals surface area (Å²) in [5.41, 5.74) is -0.623. The molecule has 122 valence electrons. The molecule has 1 aromatic carbocycles. The molecule has 0 aliphatic carbocycles. The molecule has 1 N–H and O–H groups in total. The van der Waals surface area contributed by atoms with Gasteiger partial charge in [0, 0.05) is 12.2 Å². The molecule has 0 spiro atoms. The summed E-state index contributed by atoms with van der Waals surface area (Å²) >= 11 is 0. The summed E-state index contributed by atoms with van der Waals surface area (Å²) in [6, 6.07) is 3.18. The van der Waals surface area contributed by atoms with E-state index in [1.807, 2.05) is 0 Å². The quantitative estimate of drug-likeness (QED) is 0.919. The summed E-state index contributed by atoms with van der Waals surface area (Å²) in [6.45, 7) is 0.268. The minimum Gasteiger partial charge on any atom is -0.325 e. The molecule has 1 saturated heterocycles. The van der Waals surface area contributed by atoms with Crippen LogP contribution in [0.5, 0.6) is 0 Å². The van der Waals surface area contributed by atoms with Crippen molar-refractivity contribution < 1.29 is 26.4 Å². The molecule has 1 amide bonds. The third-order valence-corrected chi connectivity index (χ3v) is 4.70. The summed E-state index contributed by atoms with van der Waals surface area (Å²) in [5.74, 6) is -0.539. The van der Waals surface area contributed by atoms with E-state index in [4.69, 9.17) is 0 Å². The predicted octanol–water partition coefficient (Wildman–Crippen LogP) is 2.07. The Morgan fingerprint density at radius 2 is 1.86 bits per heavy atom. The first-order valence-electron chi connectivity index (χ1n) is 6.54. The molecule has 0 bridgehead atoms. The maximum atomic E-state index is 12.4. The highest BCUT2D eigenvalue weighted by atomic mass is 32.2. The molecule has 2 rings (SSSR count). The molecule has 1 aliphatic rings. The normalized spacial score (nSPS) is 20.1. The van der Waals surface area contributed by atoms with E-state index in [-0.39, 0.29) is 12.2 Å². The molecular weight excluding hydrogens is 321 g/mol. The minimum atomic E-state index is -4.44. The van der Waals surface area contributed by atoms with Crippen LogP contribution in [0.15, 0.2) is 24.3 Å². The lowest BCUT2D eigenvalue weighted by molar-refractivity contribution is -0.137. The van der Waals surface area contributed by atoms with Crippen molar-refractivity contribution in [1.82, 2.24) is 4.31 Å². The summed E-state index contributed by atoms with van der Waals surface area (Å²) in [7, 11) is -3.49. The van der Waals surface area contributed by atoms with Crippen LogP contribution in [-0.4, -0.2) is 37.5 Å². The third-order valence-electron chi connectivity index (χ3n) is 3.41. The number of hydrogen-bond acceptors (Lipinski definition) is 3. The smallest absolute Gasteiger partial charge is 0.325 e. The van der Waals surface area contributed by atoms with Crippen LogP contribution in [0.2, 0.25) is 0 Å². The number of hydrogen-bond donors (Lipinski definition) is 1. The van der Waals surface area contributed by atoms with E-state index in [0.29, 0.717) is 12.8 Å². The Bertz CT molecular complexity index is 656. The molecule has 5 nitrogen and oxygen atoms in total. The highest BCUT2D eigenvalue weighted by Gasteiger charge is 2.36. The van der Waals surface area contributed by atoms with Crippen molar-refractivity contribution in [3.8, 4) is 0 Å². The van der Waals surface area contributed by atoms with E-state index < -0.39 is 33.7 Å². The fourth-order valence-electron chi connectivity index (χ4n) is 2.37.